The molecule has 11 heavy (non-hydrogen) atoms. The first-order valence-electron chi connectivity index (χ1n) is 3.59. The molecule has 0 aromatic heterocycles. The standard InChI is InChI=1S/C8H12N2O/c1-7-3-4-8(11)10(7)6-5-9-2/h3-4,9H,1,5-6H2,2H3. The summed E-state index contributed by atoms with van der Waals surface area (Å²) in [6.07, 6.45) is 3.27. The Kier molecular flexibility index (Phi) is 2.44. The zero-order valence-electron chi connectivity index (χ0n) is 6.63. The smallest absolute Gasteiger partial charge is 0.251 e. The fourth-order valence-electron chi connectivity index (χ4n) is 0.966. The van der Waals surface area contributed by atoms with Gasteiger partial charge >= 0.3 is 0 Å². The Morgan fingerprint density at radius 3 is 2.82 bits per heavy atom. The van der Waals surface area contributed by atoms with Crippen LogP contribution < -0.4 is 5.32 Å². The minimum atomic E-state index is 0.0326. The summed E-state index contributed by atoms with van der Waals surface area (Å²) in [5.74, 6) is 0.0326. The van der Waals surface area contributed by atoms with Crippen molar-refractivity contribution in [3.8, 4) is 0 Å². The topological polar surface area (TPSA) is 32.3 Å². The van der Waals surface area contributed by atoms with Crippen molar-refractivity contribution in [2.45, 2.75) is 0 Å². The van der Waals surface area contributed by atoms with Crippen LogP contribution in [0, 0.1) is 0 Å². The van der Waals surface area contributed by atoms with Crippen LogP contribution in [0.4, 0.5) is 0 Å². The van der Waals surface area contributed by atoms with Crippen LogP contribution in [0.15, 0.2) is 24.4 Å². The Morgan fingerprint density at radius 1 is 1.64 bits per heavy atom. The van der Waals surface area contributed by atoms with Crippen molar-refractivity contribution in [2.75, 3.05) is 20.1 Å². The summed E-state index contributed by atoms with van der Waals surface area (Å²) in [6.45, 7) is 5.22. The van der Waals surface area contributed by atoms with Gasteiger partial charge in [0.1, 0.15) is 0 Å². The molecule has 0 aromatic carbocycles. The number of nitrogens with zero attached hydrogens (tertiary/aromatic N) is 1. The van der Waals surface area contributed by atoms with E-state index in [4.69, 9.17) is 0 Å². The Morgan fingerprint density at radius 2 is 2.36 bits per heavy atom. The van der Waals surface area contributed by atoms with Gasteiger partial charge in [0.2, 0.25) is 0 Å². The molecular weight excluding hydrogens is 140 g/mol. The predicted octanol–water partition coefficient (Wildman–Crippen LogP) is 0.118. The quantitative estimate of drug-likeness (QED) is 0.623. The molecule has 1 N–H and O–H groups in total. The minimum Gasteiger partial charge on any atom is -0.318 e. The average molecular weight is 152 g/mol. The zero-order valence-corrected chi connectivity index (χ0v) is 6.63. The summed E-state index contributed by atoms with van der Waals surface area (Å²) in [6, 6.07) is 0. The molecule has 0 radical (unpaired) electrons. The maximum Gasteiger partial charge on any atom is 0.251 e. The number of rotatable bonds is 3. The van der Waals surface area contributed by atoms with Gasteiger partial charge in [-0.2, -0.15) is 0 Å². The Bertz CT molecular complexity index is 190. The van der Waals surface area contributed by atoms with E-state index >= 15 is 0 Å². The first kappa shape index (κ1) is 8.01. The van der Waals surface area contributed by atoms with Gasteiger partial charge in [-0.05, 0) is 13.1 Å². The second-order valence-corrected chi connectivity index (χ2v) is 2.42. The lowest BCUT2D eigenvalue weighted by atomic mass is 10.4. The zero-order chi connectivity index (χ0) is 8.27. The number of carbonyl (C=O) groups is 1. The van der Waals surface area contributed by atoms with E-state index in [0.29, 0.717) is 6.54 Å². The number of amides is 1. The first-order valence-corrected chi connectivity index (χ1v) is 3.59. The number of carbonyl (C=O) groups excluding carboxylic acids is 1. The summed E-state index contributed by atoms with van der Waals surface area (Å²) >= 11 is 0. The number of hydrogen-bond donors (Lipinski definition) is 1. The second kappa shape index (κ2) is 3.34. The molecular formula is C8H12N2O. The van der Waals surface area contributed by atoms with Crippen LogP contribution in [0.5, 0.6) is 0 Å². The molecule has 0 atom stereocenters. The van der Waals surface area contributed by atoms with E-state index in [0.717, 1.165) is 12.2 Å². The molecule has 0 aromatic rings. The van der Waals surface area contributed by atoms with E-state index in [2.05, 4.69) is 11.9 Å². The summed E-state index contributed by atoms with van der Waals surface area (Å²) in [4.78, 5) is 12.7. The van der Waals surface area contributed by atoms with E-state index in [1.165, 1.54) is 6.08 Å². The molecule has 1 amide bonds. The average Bonchev–Trinajstić information content (AvgIpc) is 2.29. The molecule has 1 aliphatic rings. The normalized spacial score (nSPS) is 16.6. The number of likely N-dealkylation sites (N-methyl/N-ethyl adjacent to an activating group) is 1. The van der Waals surface area contributed by atoms with Gasteiger partial charge in [0.15, 0.2) is 0 Å². The molecule has 1 heterocycles. The van der Waals surface area contributed by atoms with Gasteiger partial charge in [-0.1, -0.05) is 6.58 Å². The molecule has 0 unspecified atom stereocenters. The maximum atomic E-state index is 11.0. The third-order valence-electron chi connectivity index (χ3n) is 1.62. The van der Waals surface area contributed by atoms with Crippen molar-refractivity contribution in [3.05, 3.63) is 24.4 Å². The molecule has 0 bridgehead atoms. The van der Waals surface area contributed by atoms with E-state index in [9.17, 15) is 4.79 Å². The number of hydrogen-bond acceptors (Lipinski definition) is 2. The van der Waals surface area contributed by atoms with E-state index in [1.807, 2.05) is 7.05 Å². The van der Waals surface area contributed by atoms with Crippen LogP contribution in [0.25, 0.3) is 0 Å². The van der Waals surface area contributed by atoms with E-state index < -0.39 is 0 Å². The van der Waals surface area contributed by atoms with Crippen molar-refractivity contribution >= 4 is 5.91 Å². The molecule has 0 saturated carbocycles. The maximum absolute atomic E-state index is 11.0. The third-order valence-corrected chi connectivity index (χ3v) is 1.62. The van der Waals surface area contributed by atoms with Crippen molar-refractivity contribution < 1.29 is 4.79 Å². The van der Waals surface area contributed by atoms with Gasteiger partial charge < -0.3 is 10.2 Å². The van der Waals surface area contributed by atoms with Gasteiger partial charge in [0.25, 0.3) is 5.91 Å². The highest BCUT2D eigenvalue weighted by Gasteiger charge is 2.16. The Hall–Kier alpha value is -1.09. The molecule has 3 nitrogen and oxygen atoms in total. The van der Waals surface area contributed by atoms with Crippen LogP contribution in [-0.2, 0) is 4.79 Å². The molecule has 0 spiro atoms. The highest BCUT2D eigenvalue weighted by Crippen LogP contribution is 2.10. The largest absolute Gasteiger partial charge is 0.318 e. The lowest BCUT2D eigenvalue weighted by molar-refractivity contribution is -0.123. The second-order valence-electron chi connectivity index (χ2n) is 2.42. The Balaban J connectivity index is 2.46. The number of allylic oxidation sites excluding steroid dienone is 1. The summed E-state index contributed by atoms with van der Waals surface area (Å²) < 4.78 is 0. The lowest BCUT2D eigenvalue weighted by Gasteiger charge is -2.16. The fraction of sp³-hybridized carbons (Fsp3) is 0.375. The summed E-state index contributed by atoms with van der Waals surface area (Å²) in [5.41, 5.74) is 0.783. The van der Waals surface area contributed by atoms with Gasteiger partial charge in [-0.3, -0.25) is 4.79 Å². The monoisotopic (exact) mass is 152 g/mol. The molecule has 0 fully saturated rings. The lowest BCUT2D eigenvalue weighted by Crippen LogP contribution is -2.30. The van der Waals surface area contributed by atoms with Crippen LogP contribution in [-0.4, -0.2) is 30.9 Å². The number of nitrogens with one attached hydrogen (secondary N) is 1. The van der Waals surface area contributed by atoms with Crippen molar-refractivity contribution in [2.24, 2.45) is 0 Å². The molecule has 1 aliphatic heterocycles. The van der Waals surface area contributed by atoms with Crippen molar-refractivity contribution in [1.82, 2.24) is 10.2 Å². The molecule has 0 aliphatic carbocycles. The van der Waals surface area contributed by atoms with Gasteiger partial charge in [0, 0.05) is 24.9 Å². The molecule has 3 heteroatoms. The van der Waals surface area contributed by atoms with Crippen LogP contribution in [0.3, 0.4) is 0 Å². The summed E-state index contributed by atoms with van der Waals surface area (Å²) in [5, 5.41) is 2.97. The van der Waals surface area contributed by atoms with Crippen LogP contribution >= 0.6 is 0 Å². The van der Waals surface area contributed by atoms with E-state index in [1.54, 1.807) is 11.0 Å². The van der Waals surface area contributed by atoms with Crippen molar-refractivity contribution in [3.63, 3.8) is 0 Å². The molecule has 0 saturated heterocycles. The van der Waals surface area contributed by atoms with E-state index in [-0.39, 0.29) is 5.91 Å². The van der Waals surface area contributed by atoms with Crippen LogP contribution in [0.2, 0.25) is 0 Å². The highest BCUT2D eigenvalue weighted by molar-refractivity contribution is 5.92. The van der Waals surface area contributed by atoms with Gasteiger partial charge in [-0.25, -0.2) is 0 Å². The molecule has 1 rings (SSSR count). The van der Waals surface area contributed by atoms with Gasteiger partial charge in [-0.15, -0.1) is 0 Å². The third kappa shape index (κ3) is 1.68. The minimum absolute atomic E-state index is 0.0326. The highest BCUT2D eigenvalue weighted by atomic mass is 16.2. The predicted molar refractivity (Wildman–Crippen MR) is 43.9 cm³/mol. The SMILES string of the molecule is C=C1C=CC(=O)N1CCNC. The van der Waals surface area contributed by atoms with Gasteiger partial charge in [0.05, 0.1) is 0 Å². The fourth-order valence-corrected chi connectivity index (χ4v) is 0.966. The summed E-state index contributed by atoms with van der Waals surface area (Å²) in [7, 11) is 1.86. The first-order chi connectivity index (χ1) is 5.25. The Labute approximate surface area is 66.4 Å². The van der Waals surface area contributed by atoms with Crippen LogP contribution in [0.1, 0.15) is 0 Å². The van der Waals surface area contributed by atoms with Crippen molar-refractivity contribution in [1.29, 1.82) is 0 Å². The molecule has 60 valence electrons.